The number of rotatable bonds is 15. The zero-order chi connectivity index (χ0) is 29.7. The highest BCUT2D eigenvalue weighted by Gasteiger charge is 2.25. The maximum Gasteiger partial charge on any atom is 0.269 e. The predicted molar refractivity (Wildman–Crippen MR) is 149 cm³/mol. The van der Waals surface area contributed by atoms with Crippen LogP contribution in [-0.2, 0) is 27.3 Å². The number of guanidine groups is 1. The highest BCUT2D eigenvalue weighted by molar-refractivity contribution is 5.91. The Balaban J connectivity index is 1.99. The number of nitrogens with zero attached hydrogens (tertiary/aromatic N) is 3. The molecule has 0 aliphatic rings. The molecule has 0 aliphatic carbocycles. The first-order chi connectivity index (χ1) is 19.0. The zero-order valence-corrected chi connectivity index (χ0v) is 22.3. The molecule has 0 spiro atoms. The summed E-state index contributed by atoms with van der Waals surface area (Å²) < 4.78 is 0. The number of hydrogen-bond donors (Lipinski definition) is 6. The van der Waals surface area contributed by atoms with Crippen LogP contribution in [0, 0.1) is 10.1 Å². The molecule has 40 heavy (non-hydrogen) atoms. The van der Waals surface area contributed by atoms with Crippen LogP contribution in [0.2, 0.25) is 0 Å². The lowest BCUT2D eigenvalue weighted by Crippen LogP contribution is -2.53. The van der Waals surface area contributed by atoms with Crippen molar-refractivity contribution in [2.24, 2.45) is 22.2 Å². The number of benzene rings is 2. The average Bonchev–Trinajstić information content (AvgIpc) is 2.92. The van der Waals surface area contributed by atoms with E-state index in [-0.39, 0.29) is 55.8 Å². The Morgan fingerprint density at radius 2 is 1.68 bits per heavy atom. The Morgan fingerprint density at radius 1 is 1.05 bits per heavy atom. The SMILES string of the molecule is CCN(Cc1ccc([N+](=O)[O-])cc1)C(=O)CNC(=O)[C@@H](CCCN=C(N)N)NC(=O)[C@@H](N)Cc1ccc(O)cc1. The van der Waals surface area contributed by atoms with Crippen molar-refractivity contribution in [2.75, 3.05) is 19.6 Å². The fraction of sp³-hybridized carbons (Fsp3) is 0.385. The smallest absolute Gasteiger partial charge is 0.269 e. The second-order valence-corrected chi connectivity index (χ2v) is 9.04. The van der Waals surface area contributed by atoms with Gasteiger partial charge in [0.25, 0.3) is 5.69 Å². The summed E-state index contributed by atoms with van der Waals surface area (Å²) in [5.74, 6) is -1.52. The molecule has 0 aliphatic heterocycles. The van der Waals surface area contributed by atoms with Gasteiger partial charge in [-0.1, -0.05) is 24.3 Å². The summed E-state index contributed by atoms with van der Waals surface area (Å²) in [6.07, 6.45) is 0.744. The number of carbonyl (C=O) groups is 3. The molecule has 2 rings (SSSR count). The molecule has 0 radical (unpaired) electrons. The number of aromatic hydroxyl groups is 1. The number of nitro groups is 1. The van der Waals surface area contributed by atoms with Crippen molar-refractivity contribution in [2.45, 2.75) is 44.8 Å². The van der Waals surface area contributed by atoms with Gasteiger partial charge in [0.1, 0.15) is 11.8 Å². The van der Waals surface area contributed by atoms with E-state index in [0.717, 1.165) is 5.56 Å². The molecular weight excluding hydrogens is 520 g/mol. The summed E-state index contributed by atoms with van der Waals surface area (Å²) in [6, 6.07) is 10.1. The number of phenols is 1. The van der Waals surface area contributed by atoms with Gasteiger partial charge in [0.05, 0.1) is 17.5 Å². The highest BCUT2D eigenvalue weighted by Crippen LogP contribution is 2.14. The molecule has 0 fully saturated rings. The molecule has 2 atom stereocenters. The van der Waals surface area contributed by atoms with Gasteiger partial charge in [0, 0.05) is 31.8 Å². The predicted octanol–water partition coefficient (Wildman–Crippen LogP) is -0.126. The average molecular weight is 557 g/mol. The van der Waals surface area contributed by atoms with Crippen molar-refractivity contribution in [1.82, 2.24) is 15.5 Å². The van der Waals surface area contributed by atoms with E-state index < -0.39 is 28.8 Å². The number of nitrogens with two attached hydrogens (primary N) is 3. The maximum atomic E-state index is 13.0. The minimum Gasteiger partial charge on any atom is -0.508 e. The van der Waals surface area contributed by atoms with Crippen LogP contribution in [0.3, 0.4) is 0 Å². The van der Waals surface area contributed by atoms with Crippen LogP contribution in [-0.4, -0.2) is 70.3 Å². The lowest BCUT2D eigenvalue weighted by molar-refractivity contribution is -0.384. The number of aliphatic imine (C=N–C) groups is 1. The minimum absolute atomic E-state index is 0.0545. The quantitative estimate of drug-likeness (QED) is 0.0563. The molecule has 14 heteroatoms. The molecule has 2 aromatic carbocycles. The van der Waals surface area contributed by atoms with Gasteiger partial charge < -0.3 is 37.8 Å². The zero-order valence-electron chi connectivity index (χ0n) is 22.3. The normalized spacial score (nSPS) is 12.1. The third-order valence-electron chi connectivity index (χ3n) is 5.98. The molecule has 0 saturated heterocycles. The molecule has 9 N–H and O–H groups in total. The van der Waals surface area contributed by atoms with Gasteiger partial charge >= 0.3 is 0 Å². The Labute approximate surface area is 231 Å². The first-order valence-electron chi connectivity index (χ1n) is 12.7. The fourth-order valence-corrected chi connectivity index (χ4v) is 3.75. The number of amides is 3. The molecule has 0 saturated carbocycles. The summed E-state index contributed by atoms with van der Waals surface area (Å²) in [4.78, 5) is 54.3. The van der Waals surface area contributed by atoms with Crippen molar-refractivity contribution in [3.05, 3.63) is 69.8 Å². The van der Waals surface area contributed by atoms with Gasteiger partial charge in [-0.15, -0.1) is 0 Å². The second-order valence-electron chi connectivity index (χ2n) is 9.04. The summed E-state index contributed by atoms with van der Waals surface area (Å²) in [5, 5.41) is 25.5. The summed E-state index contributed by atoms with van der Waals surface area (Å²) >= 11 is 0. The van der Waals surface area contributed by atoms with Gasteiger partial charge in [-0.25, -0.2) is 0 Å². The van der Waals surface area contributed by atoms with Crippen LogP contribution in [0.4, 0.5) is 5.69 Å². The van der Waals surface area contributed by atoms with Crippen LogP contribution in [0.5, 0.6) is 5.75 Å². The van der Waals surface area contributed by atoms with Gasteiger partial charge in [-0.05, 0) is 49.4 Å². The van der Waals surface area contributed by atoms with Gasteiger partial charge in [-0.3, -0.25) is 29.5 Å². The number of hydrogen-bond acceptors (Lipinski definition) is 8. The fourth-order valence-electron chi connectivity index (χ4n) is 3.75. The molecule has 3 amide bonds. The van der Waals surface area contributed by atoms with Crippen molar-refractivity contribution < 1.29 is 24.4 Å². The maximum absolute atomic E-state index is 13.0. The van der Waals surface area contributed by atoms with Crippen molar-refractivity contribution in [1.29, 1.82) is 0 Å². The van der Waals surface area contributed by atoms with Crippen LogP contribution in [0.15, 0.2) is 53.5 Å². The van der Waals surface area contributed by atoms with Crippen LogP contribution >= 0.6 is 0 Å². The Kier molecular flexibility index (Phi) is 12.3. The summed E-state index contributed by atoms with van der Waals surface area (Å²) in [7, 11) is 0. The minimum atomic E-state index is -0.995. The topological polar surface area (TPSA) is 232 Å². The third kappa shape index (κ3) is 10.6. The number of non-ortho nitro benzene ring substituents is 1. The number of likely N-dealkylation sites (N-methyl/N-ethyl adjacent to an activating group) is 1. The van der Waals surface area contributed by atoms with E-state index >= 15 is 0 Å². The first-order valence-corrected chi connectivity index (χ1v) is 12.7. The van der Waals surface area contributed by atoms with Gasteiger partial charge in [0.2, 0.25) is 17.7 Å². The Hall–Kier alpha value is -4.72. The molecule has 0 heterocycles. The number of nitro benzene ring substituents is 1. The lowest BCUT2D eigenvalue weighted by atomic mass is 10.0. The van der Waals surface area contributed by atoms with Crippen molar-refractivity contribution >= 4 is 29.4 Å². The van der Waals surface area contributed by atoms with E-state index in [1.54, 1.807) is 31.2 Å². The van der Waals surface area contributed by atoms with E-state index in [0.29, 0.717) is 18.5 Å². The van der Waals surface area contributed by atoms with Crippen molar-refractivity contribution in [3.63, 3.8) is 0 Å². The molecule has 0 unspecified atom stereocenters. The molecule has 216 valence electrons. The van der Waals surface area contributed by atoms with Gasteiger partial charge in [0.15, 0.2) is 5.96 Å². The number of carbonyl (C=O) groups excluding carboxylic acids is 3. The molecule has 0 aromatic heterocycles. The molecule has 0 bridgehead atoms. The van der Waals surface area contributed by atoms with Crippen LogP contribution in [0.25, 0.3) is 0 Å². The van der Waals surface area contributed by atoms with E-state index in [4.69, 9.17) is 17.2 Å². The second kappa shape index (κ2) is 15.6. The summed E-state index contributed by atoms with van der Waals surface area (Å²) in [5.41, 5.74) is 18.1. The van der Waals surface area contributed by atoms with Gasteiger partial charge in [-0.2, -0.15) is 0 Å². The monoisotopic (exact) mass is 556 g/mol. The van der Waals surface area contributed by atoms with E-state index in [1.807, 2.05) is 0 Å². The number of nitrogens with one attached hydrogen (secondary N) is 2. The largest absolute Gasteiger partial charge is 0.508 e. The molecular formula is C26H36N8O6. The lowest BCUT2D eigenvalue weighted by Gasteiger charge is -2.23. The molecule has 14 nitrogen and oxygen atoms in total. The van der Waals surface area contributed by atoms with Crippen LogP contribution in [0.1, 0.15) is 30.9 Å². The Morgan fingerprint density at radius 3 is 2.25 bits per heavy atom. The van der Waals surface area contributed by atoms with E-state index in [1.165, 1.54) is 29.2 Å². The van der Waals surface area contributed by atoms with E-state index in [9.17, 15) is 29.6 Å². The van der Waals surface area contributed by atoms with Crippen molar-refractivity contribution in [3.8, 4) is 5.75 Å². The standard InChI is InChI=1S/C26H36N8O6/c1-2-33(16-18-5-9-19(10-6-18)34(39)40)23(36)15-31-25(38)22(4-3-13-30-26(28)29)32-24(37)21(27)14-17-7-11-20(35)12-8-17/h5-12,21-22,35H,2-4,13-16,27H2,1H3,(H,31,38)(H,32,37)(H4,28,29,30)/t21-,22+/m0/s1. The molecule has 2 aromatic rings. The highest BCUT2D eigenvalue weighted by atomic mass is 16.6. The Bertz CT molecular complexity index is 1180. The number of phenolic OH excluding ortho intramolecular Hbond substituents is 1. The van der Waals surface area contributed by atoms with Crippen LogP contribution < -0.4 is 27.8 Å². The summed E-state index contributed by atoms with van der Waals surface area (Å²) in [6.45, 7) is 2.23. The first kappa shape index (κ1) is 31.5. The third-order valence-corrected chi connectivity index (χ3v) is 5.98. The van der Waals surface area contributed by atoms with E-state index in [2.05, 4.69) is 15.6 Å².